The smallest absolute Gasteiger partial charge is 0.328 e. The normalized spacial score (nSPS) is 13.3. The maximum atomic E-state index is 12.6. The van der Waals surface area contributed by atoms with Crippen molar-refractivity contribution in [2.24, 2.45) is 5.92 Å². The predicted molar refractivity (Wildman–Crippen MR) is 117 cm³/mol. The van der Waals surface area contributed by atoms with Gasteiger partial charge in [0.2, 0.25) is 5.56 Å². The molecule has 1 N–H and O–H groups in total. The first-order chi connectivity index (χ1) is 14.7. The van der Waals surface area contributed by atoms with Gasteiger partial charge in [-0.25, -0.2) is 0 Å². The largest absolute Gasteiger partial charge is 0.416 e. The molecule has 3 nitrogen and oxygen atoms in total. The Morgan fingerprint density at radius 1 is 1.06 bits per heavy atom. The summed E-state index contributed by atoms with van der Waals surface area (Å²) in [5.74, 6) is 0.466. The highest BCUT2D eigenvalue weighted by Gasteiger charge is 2.29. The molecule has 6 heteroatoms. The third-order valence-electron chi connectivity index (χ3n) is 5.53. The summed E-state index contributed by atoms with van der Waals surface area (Å²) < 4.78 is 37.9. The molecular weight excluding hydrogens is 403 g/mol. The van der Waals surface area contributed by atoms with Crippen molar-refractivity contribution >= 4 is 5.78 Å². The highest BCUT2D eigenvalue weighted by atomic mass is 19.4. The van der Waals surface area contributed by atoms with Gasteiger partial charge in [-0.05, 0) is 68.2 Å². The molecule has 0 aliphatic heterocycles. The molecule has 0 aliphatic rings. The summed E-state index contributed by atoms with van der Waals surface area (Å²) in [4.78, 5) is 25.8. The van der Waals surface area contributed by atoms with Crippen LogP contribution < -0.4 is 5.56 Å². The topological polar surface area (TPSA) is 49.9 Å². The van der Waals surface area contributed by atoms with E-state index in [0.717, 1.165) is 49.8 Å². The van der Waals surface area contributed by atoms with Crippen molar-refractivity contribution in [3.05, 3.63) is 81.3 Å². The number of pyridine rings is 1. The Morgan fingerprint density at radius 3 is 2.35 bits per heavy atom. The molecule has 0 spiro atoms. The number of carbonyl (C=O) groups is 1. The average Bonchev–Trinajstić information content (AvgIpc) is 2.74. The van der Waals surface area contributed by atoms with E-state index in [4.69, 9.17) is 0 Å². The van der Waals surface area contributed by atoms with E-state index in [-0.39, 0.29) is 11.3 Å². The van der Waals surface area contributed by atoms with Crippen LogP contribution in [-0.4, -0.2) is 10.8 Å². The summed E-state index contributed by atoms with van der Waals surface area (Å²) in [6, 6.07) is 8.31. The summed E-state index contributed by atoms with van der Waals surface area (Å²) in [6.45, 7) is 4.26. The molecule has 168 valence electrons. The quantitative estimate of drug-likeness (QED) is 0.315. The number of aromatic nitrogens is 1. The first-order valence-corrected chi connectivity index (χ1v) is 10.7. The molecule has 0 bridgehead atoms. The number of carbonyl (C=O) groups excluding carboxylic acids is 1. The molecule has 1 aromatic heterocycles. The summed E-state index contributed by atoms with van der Waals surface area (Å²) in [5.41, 5.74) is 1.92. The zero-order chi connectivity index (χ0) is 22.9. The lowest BCUT2D eigenvalue weighted by molar-refractivity contribution is -0.137. The van der Waals surface area contributed by atoms with Crippen LogP contribution in [0.2, 0.25) is 0 Å². The van der Waals surface area contributed by atoms with Crippen LogP contribution in [0.15, 0.2) is 59.0 Å². The standard InChI is InChI=1S/C25H30F3NO2/c1-3-19(5-4-6-23(30)21-13-16-24(31)29-17-21)9-7-18(2)8-10-20-11-14-22(15-12-20)25(26,27)28/h5,11-18H,3-4,6-10H2,1-2H3,(H,29,31)/b19-5-. The van der Waals surface area contributed by atoms with Gasteiger partial charge in [0.05, 0.1) is 5.56 Å². The van der Waals surface area contributed by atoms with Gasteiger partial charge in [0, 0.05) is 24.2 Å². The van der Waals surface area contributed by atoms with Crippen molar-refractivity contribution in [1.29, 1.82) is 0 Å². The van der Waals surface area contributed by atoms with Crippen molar-refractivity contribution in [3.63, 3.8) is 0 Å². The molecule has 0 aliphatic carbocycles. The minimum Gasteiger partial charge on any atom is -0.328 e. The van der Waals surface area contributed by atoms with Gasteiger partial charge in [-0.1, -0.05) is 37.6 Å². The fourth-order valence-electron chi connectivity index (χ4n) is 3.41. The molecule has 1 atom stereocenters. The Balaban J connectivity index is 1.74. The third-order valence-corrected chi connectivity index (χ3v) is 5.53. The van der Waals surface area contributed by atoms with Gasteiger partial charge in [-0.15, -0.1) is 0 Å². The molecular formula is C25H30F3NO2. The van der Waals surface area contributed by atoms with E-state index in [1.165, 1.54) is 17.8 Å². The lowest BCUT2D eigenvalue weighted by atomic mass is 9.93. The Kier molecular flexibility index (Phi) is 9.28. The van der Waals surface area contributed by atoms with Crippen LogP contribution >= 0.6 is 0 Å². The van der Waals surface area contributed by atoms with Gasteiger partial charge in [-0.2, -0.15) is 13.2 Å². The van der Waals surface area contributed by atoms with E-state index in [2.05, 4.69) is 24.9 Å². The Morgan fingerprint density at radius 2 is 1.77 bits per heavy atom. The van der Waals surface area contributed by atoms with Gasteiger partial charge in [0.1, 0.15) is 0 Å². The molecule has 2 rings (SSSR count). The molecule has 0 amide bonds. The molecule has 0 saturated heterocycles. The monoisotopic (exact) mass is 433 g/mol. The minimum absolute atomic E-state index is 0.00728. The van der Waals surface area contributed by atoms with Crippen LogP contribution in [0.4, 0.5) is 13.2 Å². The van der Waals surface area contributed by atoms with E-state index in [0.29, 0.717) is 24.3 Å². The second-order valence-corrected chi connectivity index (χ2v) is 8.00. The minimum atomic E-state index is -4.29. The first-order valence-electron chi connectivity index (χ1n) is 10.7. The average molecular weight is 434 g/mol. The number of aromatic amines is 1. The van der Waals surface area contributed by atoms with E-state index < -0.39 is 11.7 Å². The second-order valence-electron chi connectivity index (χ2n) is 8.00. The molecule has 0 saturated carbocycles. The van der Waals surface area contributed by atoms with Crippen LogP contribution in [0.1, 0.15) is 73.9 Å². The van der Waals surface area contributed by atoms with E-state index in [9.17, 15) is 22.8 Å². The number of Topliss-reactive ketones (excluding diaryl/α,β-unsaturated/α-hetero) is 1. The summed E-state index contributed by atoms with van der Waals surface area (Å²) in [5, 5.41) is 0. The number of halogens is 3. The number of hydrogen-bond acceptors (Lipinski definition) is 2. The van der Waals surface area contributed by atoms with Gasteiger partial charge in [0.25, 0.3) is 0 Å². The molecule has 1 aromatic carbocycles. The number of allylic oxidation sites excluding steroid dienone is 2. The zero-order valence-corrected chi connectivity index (χ0v) is 18.1. The van der Waals surface area contributed by atoms with Crippen molar-refractivity contribution < 1.29 is 18.0 Å². The van der Waals surface area contributed by atoms with Gasteiger partial charge >= 0.3 is 6.18 Å². The number of rotatable bonds is 11. The number of nitrogens with one attached hydrogen (secondary N) is 1. The number of alkyl halides is 3. The molecule has 0 fully saturated rings. The highest BCUT2D eigenvalue weighted by molar-refractivity contribution is 5.95. The van der Waals surface area contributed by atoms with Gasteiger partial charge in [0.15, 0.2) is 5.78 Å². The van der Waals surface area contributed by atoms with Crippen molar-refractivity contribution in [2.45, 2.75) is 65.0 Å². The van der Waals surface area contributed by atoms with E-state index in [1.807, 2.05) is 0 Å². The third kappa shape index (κ3) is 8.56. The fourth-order valence-corrected chi connectivity index (χ4v) is 3.41. The highest BCUT2D eigenvalue weighted by Crippen LogP contribution is 2.29. The zero-order valence-electron chi connectivity index (χ0n) is 18.1. The number of benzene rings is 1. The van der Waals surface area contributed by atoms with E-state index in [1.54, 1.807) is 18.2 Å². The van der Waals surface area contributed by atoms with Crippen LogP contribution in [-0.2, 0) is 12.6 Å². The second kappa shape index (κ2) is 11.7. The lowest BCUT2D eigenvalue weighted by Crippen LogP contribution is -2.06. The van der Waals surface area contributed by atoms with Crippen molar-refractivity contribution in [1.82, 2.24) is 4.98 Å². The van der Waals surface area contributed by atoms with Crippen molar-refractivity contribution in [3.8, 4) is 0 Å². The number of ketones is 1. The Labute approximate surface area is 181 Å². The molecule has 1 heterocycles. The number of hydrogen-bond donors (Lipinski definition) is 1. The Bertz CT molecular complexity index is 907. The van der Waals surface area contributed by atoms with Crippen LogP contribution in [0.25, 0.3) is 0 Å². The molecule has 0 radical (unpaired) electrons. The predicted octanol–water partition coefficient (Wildman–Crippen LogP) is 6.74. The maximum absolute atomic E-state index is 12.6. The lowest BCUT2D eigenvalue weighted by Gasteiger charge is -2.13. The van der Waals surface area contributed by atoms with Crippen LogP contribution in [0.5, 0.6) is 0 Å². The van der Waals surface area contributed by atoms with Crippen molar-refractivity contribution in [2.75, 3.05) is 0 Å². The number of H-pyrrole nitrogens is 1. The number of aryl methyl sites for hydroxylation is 1. The Hall–Kier alpha value is -2.63. The van der Waals surface area contributed by atoms with Gasteiger partial charge < -0.3 is 4.98 Å². The van der Waals surface area contributed by atoms with Crippen LogP contribution in [0.3, 0.4) is 0 Å². The first kappa shape index (κ1) is 24.6. The van der Waals surface area contributed by atoms with E-state index >= 15 is 0 Å². The SMILES string of the molecule is CC/C(=C/CCC(=O)c1ccc(=O)[nH]c1)CCC(C)CCc1ccc(C(F)(F)F)cc1. The summed E-state index contributed by atoms with van der Waals surface area (Å²) in [6.07, 6.45) is 4.94. The molecule has 2 aromatic rings. The fraction of sp³-hybridized carbons (Fsp3) is 0.440. The van der Waals surface area contributed by atoms with Crippen LogP contribution in [0, 0.1) is 5.92 Å². The summed E-state index contributed by atoms with van der Waals surface area (Å²) >= 11 is 0. The maximum Gasteiger partial charge on any atom is 0.416 e. The molecule has 31 heavy (non-hydrogen) atoms. The van der Waals surface area contributed by atoms with Gasteiger partial charge in [-0.3, -0.25) is 9.59 Å². The molecule has 1 unspecified atom stereocenters. The summed E-state index contributed by atoms with van der Waals surface area (Å²) in [7, 11) is 0.